The lowest BCUT2D eigenvalue weighted by atomic mass is 10.2. The fourth-order valence-electron chi connectivity index (χ4n) is 2.33. The second-order valence-electron chi connectivity index (χ2n) is 4.45. The molecule has 0 radical (unpaired) electrons. The third kappa shape index (κ3) is 2.57. The van der Waals surface area contributed by atoms with E-state index in [-0.39, 0.29) is 5.88 Å². The van der Waals surface area contributed by atoms with Gasteiger partial charge >= 0.3 is 0 Å². The van der Waals surface area contributed by atoms with Gasteiger partial charge in [0.2, 0.25) is 0 Å². The lowest BCUT2D eigenvalue weighted by molar-refractivity contribution is 0.419. The van der Waals surface area contributed by atoms with E-state index in [0.29, 0.717) is 21.6 Å². The Kier molecular flexibility index (Phi) is 3.98. The Morgan fingerprint density at radius 2 is 1.86 bits per heavy atom. The highest BCUT2D eigenvalue weighted by Gasteiger charge is 2.15. The molecule has 0 aliphatic heterocycles. The number of imidazole rings is 1. The lowest BCUT2D eigenvalue weighted by Crippen LogP contribution is -1.99. The second-order valence-corrected chi connectivity index (χ2v) is 5.59. The maximum Gasteiger partial charge on any atom is 0.146 e. The molecule has 0 bridgehead atoms. The number of fused-ring (bicyclic) bond motifs is 1. The van der Waals surface area contributed by atoms with Crippen molar-refractivity contribution in [3.8, 4) is 11.4 Å². The first-order chi connectivity index (χ1) is 10.1. The maximum absolute atomic E-state index is 6.10. The van der Waals surface area contributed by atoms with E-state index in [9.17, 15) is 0 Å². The highest BCUT2D eigenvalue weighted by molar-refractivity contribution is 6.34. The van der Waals surface area contributed by atoms with Crippen LogP contribution in [0.15, 0.2) is 36.4 Å². The number of para-hydroxylation sites is 1. The Balaban J connectivity index is 2.35. The molecule has 0 aliphatic rings. The number of nitrogens with zero attached hydrogens (tertiary/aromatic N) is 2. The van der Waals surface area contributed by atoms with Crippen LogP contribution in [0.5, 0.6) is 5.75 Å². The average molecular weight is 342 g/mol. The predicted octanol–water partition coefficient (Wildman–Crippen LogP) is 5.08. The molecule has 3 rings (SSSR count). The summed E-state index contributed by atoms with van der Waals surface area (Å²) in [6.07, 6.45) is 0. The molecule has 0 unspecified atom stereocenters. The first-order valence-electron chi connectivity index (χ1n) is 6.21. The molecule has 0 atom stereocenters. The summed E-state index contributed by atoms with van der Waals surface area (Å²) in [6.45, 7) is 0. The number of alkyl halides is 1. The molecule has 0 amide bonds. The van der Waals surface area contributed by atoms with Crippen molar-refractivity contribution in [3.63, 3.8) is 0 Å². The first kappa shape index (κ1) is 14.5. The van der Waals surface area contributed by atoms with Gasteiger partial charge in [-0.15, -0.1) is 11.6 Å². The van der Waals surface area contributed by atoms with E-state index in [0.717, 1.165) is 16.7 Å². The van der Waals surface area contributed by atoms with Crippen molar-refractivity contribution in [1.82, 2.24) is 9.55 Å². The van der Waals surface area contributed by atoms with Gasteiger partial charge in [0.25, 0.3) is 0 Å². The van der Waals surface area contributed by atoms with Gasteiger partial charge in [0, 0.05) is 10.0 Å². The number of aromatic nitrogens is 2. The van der Waals surface area contributed by atoms with E-state index in [4.69, 9.17) is 39.5 Å². The topological polar surface area (TPSA) is 27.1 Å². The van der Waals surface area contributed by atoms with Gasteiger partial charge in [0.15, 0.2) is 0 Å². The molecular formula is C15H11Cl3N2O. The van der Waals surface area contributed by atoms with Gasteiger partial charge in [-0.1, -0.05) is 29.3 Å². The normalized spacial score (nSPS) is 11.0. The molecule has 0 spiro atoms. The Morgan fingerprint density at radius 3 is 2.48 bits per heavy atom. The number of hydrogen-bond donors (Lipinski definition) is 0. The number of methoxy groups -OCH3 is 1. The third-order valence-corrected chi connectivity index (χ3v) is 3.84. The highest BCUT2D eigenvalue weighted by atomic mass is 35.5. The summed E-state index contributed by atoms with van der Waals surface area (Å²) >= 11 is 18.2. The van der Waals surface area contributed by atoms with Gasteiger partial charge in [0.05, 0.1) is 24.2 Å². The van der Waals surface area contributed by atoms with Crippen molar-refractivity contribution in [2.75, 3.05) is 7.11 Å². The monoisotopic (exact) mass is 340 g/mol. The zero-order valence-electron chi connectivity index (χ0n) is 11.1. The van der Waals surface area contributed by atoms with Crippen LogP contribution in [0.1, 0.15) is 5.82 Å². The summed E-state index contributed by atoms with van der Waals surface area (Å²) in [5.74, 6) is 1.67. The van der Waals surface area contributed by atoms with Crippen LogP contribution < -0.4 is 4.74 Å². The summed E-state index contributed by atoms with van der Waals surface area (Å²) in [5, 5.41) is 1.12. The molecule has 0 N–H and O–H groups in total. The van der Waals surface area contributed by atoms with Crippen molar-refractivity contribution in [2.45, 2.75) is 5.88 Å². The highest BCUT2D eigenvalue weighted by Crippen LogP contribution is 2.31. The molecule has 2 aromatic carbocycles. The molecule has 108 valence electrons. The van der Waals surface area contributed by atoms with Crippen LogP contribution >= 0.6 is 34.8 Å². The molecule has 0 fully saturated rings. The Bertz CT molecular complexity index is 794. The minimum absolute atomic E-state index is 0.266. The Labute approximate surface area is 137 Å². The second kappa shape index (κ2) is 5.76. The fraction of sp³-hybridized carbons (Fsp3) is 0.133. The number of ether oxygens (including phenoxy) is 1. The molecule has 1 heterocycles. The molecular weight excluding hydrogens is 331 g/mol. The smallest absolute Gasteiger partial charge is 0.146 e. The molecule has 0 saturated heterocycles. The molecule has 6 heteroatoms. The van der Waals surface area contributed by atoms with Crippen LogP contribution in [0.25, 0.3) is 16.7 Å². The third-order valence-electron chi connectivity index (χ3n) is 3.16. The summed E-state index contributed by atoms with van der Waals surface area (Å²) < 4.78 is 7.29. The van der Waals surface area contributed by atoms with E-state index in [1.807, 2.05) is 34.9 Å². The molecule has 1 aromatic heterocycles. The molecule has 0 saturated carbocycles. The van der Waals surface area contributed by atoms with Crippen LogP contribution in [-0.2, 0) is 5.88 Å². The molecule has 3 aromatic rings. The Hall–Kier alpha value is -1.42. The fourth-order valence-corrected chi connectivity index (χ4v) is 3.03. The van der Waals surface area contributed by atoms with Gasteiger partial charge in [-0.2, -0.15) is 0 Å². The lowest BCUT2D eigenvalue weighted by Gasteiger charge is -2.09. The van der Waals surface area contributed by atoms with Crippen LogP contribution in [0, 0.1) is 0 Å². The summed E-state index contributed by atoms with van der Waals surface area (Å²) in [4.78, 5) is 4.56. The maximum atomic E-state index is 6.10. The minimum atomic E-state index is 0.266. The zero-order chi connectivity index (χ0) is 15.0. The SMILES string of the molecule is COc1cccc2c1nc(CCl)n2-c1cc(Cl)cc(Cl)c1. The van der Waals surface area contributed by atoms with Crippen molar-refractivity contribution in [1.29, 1.82) is 0 Å². The van der Waals surface area contributed by atoms with Gasteiger partial charge in [-0.25, -0.2) is 4.98 Å². The van der Waals surface area contributed by atoms with Gasteiger partial charge in [0.1, 0.15) is 17.1 Å². The predicted molar refractivity (Wildman–Crippen MR) is 87.2 cm³/mol. The number of benzene rings is 2. The van der Waals surface area contributed by atoms with E-state index < -0.39 is 0 Å². The van der Waals surface area contributed by atoms with Crippen molar-refractivity contribution in [2.24, 2.45) is 0 Å². The number of rotatable bonds is 3. The standard InChI is InChI=1S/C15H11Cl3N2O/c1-21-13-4-2-3-12-15(13)19-14(8-16)20(12)11-6-9(17)5-10(18)7-11/h2-7H,8H2,1H3. The minimum Gasteiger partial charge on any atom is -0.494 e. The van der Waals surface area contributed by atoms with Crippen LogP contribution in [0.2, 0.25) is 10.0 Å². The van der Waals surface area contributed by atoms with Crippen molar-refractivity contribution >= 4 is 45.8 Å². The van der Waals surface area contributed by atoms with Gasteiger partial charge in [-0.3, -0.25) is 4.57 Å². The van der Waals surface area contributed by atoms with Gasteiger partial charge < -0.3 is 4.74 Å². The van der Waals surface area contributed by atoms with Gasteiger partial charge in [-0.05, 0) is 30.3 Å². The summed E-state index contributed by atoms with van der Waals surface area (Å²) in [7, 11) is 1.62. The first-order valence-corrected chi connectivity index (χ1v) is 7.50. The van der Waals surface area contributed by atoms with E-state index >= 15 is 0 Å². The van der Waals surface area contributed by atoms with E-state index in [2.05, 4.69) is 4.98 Å². The van der Waals surface area contributed by atoms with Crippen LogP contribution in [0.4, 0.5) is 0 Å². The quantitative estimate of drug-likeness (QED) is 0.621. The van der Waals surface area contributed by atoms with Crippen LogP contribution in [-0.4, -0.2) is 16.7 Å². The van der Waals surface area contributed by atoms with E-state index in [1.165, 1.54) is 0 Å². The molecule has 0 aliphatic carbocycles. The molecule has 21 heavy (non-hydrogen) atoms. The molecule has 3 nitrogen and oxygen atoms in total. The summed E-state index contributed by atoms with van der Waals surface area (Å²) in [6, 6.07) is 11.1. The number of halogens is 3. The van der Waals surface area contributed by atoms with Crippen molar-refractivity contribution in [3.05, 3.63) is 52.3 Å². The van der Waals surface area contributed by atoms with Crippen molar-refractivity contribution < 1.29 is 4.74 Å². The average Bonchev–Trinajstić information content (AvgIpc) is 2.84. The Morgan fingerprint density at radius 1 is 1.14 bits per heavy atom. The zero-order valence-corrected chi connectivity index (χ0v) is 13.4. The van der Waals surface area contributed by atoms with Crippen LogP contribution in [0.3, 0.4) is 0 Å². The number of hydrogen-bond acceptors (Lipinski definition) is 2. The van der Waals surface area contributed by atoms with E-state index in [1.54, 1.807) is 13.2 Å². The summed E-state index contributed by atoms with van der Waals surface area (Å²) in [5.41, 5.74) is 2.47. The largest absolute Gasteiger partial charge is 0.494 e.